The molecule has 0 fully saturated rings. The number of fused-ring (bicyclic) bond motifs is 4. The second-order valence-corrected chi connectivity index (χ2v) is 14.4. The maximum atomic E-state index is 12.0. The van der Waals surface area contributed by atoms with Crippen LogP contribution in [0, 0.1) is 0 Å². The van der Waals surface area contributed by atoms with Crippen LogP contribution in [0.5, 0.6) is 11.5 Å². The molecule has 0 spiro atoms. The largest absolute Gasteiger partial charge is 0.485 e. The number of nitrogens with zero attached hydrogens (tertiary/aromatic N) is 3. The molecule has 9 nitrogen and oxygen atoms in total. The lowest BCUT2D eigenvalue weighted by Crippen LogP contribution is -2.14. The van der Waals surface area contributed by atoms with Gasteiger partial charge in [-0.25, -0.2) is 14.6 Å². The van der Waals surface area contributed by atoms with Gasteiger partial charge in [0.1, 0.15) is 13.2 Å². The fourth-order valence-electron chi connectivity index (χ4n) is 5.82. The lowest BCUT2D eigenvalue weighted by atomic mass is 9.83. The van der Waals surface area contributed by atoms with E-state index in [0.29, 0.717) is 24.6 Å². The number of rotatable bonds is 6. The van der Waals surface area contributed by atoms with Crippen LogP contribution in [0.3, 0.4) is 0 Å². The van der Waals surface area contributed by atoms with Crippen molar-refractivity contribution >= 4 is 45.9 Å². The predicted molar refractivity (Wildman–Crippen MR) is 178 cm³/mol. The van der Waals surface area contributed by atoms with Crippen molar-refractivity contribution in [3.05, 3.63) is 88.6 Å². The number of ether oxygens (including phenoxy) is 2. The predicted octanol–water partition coefficient (Wildman–Crippen LogP) is 8.20. The molecule has 0 amide bonds. The lowest BCUT2D eigenvalue weighted by molar-refractivity contribution is 0.0686. The highest BCUT2D eigenvalue weighted by atomic mass is 32.1. The topological polar surface area (TPSA) is 132 Å². The summed E-state index contributed by atoms with van der Waals surface area (Å²) in [6, 6.07) is 14.0. The first-order valence-electron chi connectivity index (χ1n) is 14.3. The van der Waals surface area contributed by atoms with E-state index in [1.807, 2.05) is 17.5 Å². The second kappa shape index (κ2) is 10.6. The molecule has 1 aliphatic heterocycles. The van der Waals surface area contributed by atoms with Crippen molar-refractivity contribution in [2.45, 2.75) is 19.3 Å². The molecule has 2 N–H and O–H groups in total. The van der Waals surface area contributed by atoms with E-state index >= 15 is 0 Å². The summed E-state index contributed by atoms with van der Waals surface area (Å²) in [4.78, 5) is 42.8. The average Bonchev–Trinajstić information content (AvgIpc) is 3.84. The maximum Gasteiger partial charge on any atom is 0.335 e. The van der Waals surface area contributed by atoms with Gasteiger partial charge in [-0.2, -0.15) is 0 Å². The molecule has 12 heteroatoms. The van der Waals surface area contributed by atoms with Crippen LogP contribution in [-0.4, -0.2) is 50.3 Å². The molecule has 6 aromatic heterocycles. The van der Waals surface area contributed by atoms with Gasteiger partial charge in [0.25, 0.3) is 0 Å². The van der Waals surface area contributed by atoms with Crippen molar-refractivity contribution in [3.8, 4) is 64.2 Å². The fraction of sp³-hybridized carbons (Fsp3) is 0.147. The van der Waals surface area contributed by atoms with Crippen molar-refractivity contribution in [1.29, 1.82) is 0 Å². The molecular weight excluding hydrogens is 643 g/mol. The highest BCUT2D eigenvalue weighted by Gasteiger charge is 2.40. The zero-order chi connectivity index (χ0) is 31.7. The van der Waals surface area contributed by atoms with Crippen LogP contribution in [0.25, 0.3) is 52.7 Å². The Bertz CT molecular complexity index is 2230. The average molecular weight is 666 g/mol. The highest BCUT2D eigenvalue weighted by molar-refractivity contribution is 7.27. The molecular formula is C34H23N3O6S3. The van der Waals surface area contributed by atoms with Gasteiger partial charge in [0.15, 0.2) is 11.5 Å². The van der Waals surface area contributed by atoms with Crippen LogP contribution in [0.4, 0.5) is 0 Å². The molecule has 8 rings (SSSR count). The Labute approximate surface area is 274 Å². The van der Waals surface area contributed by atoms with Gasteiger partial charge < -0.3 is 19.7 Å². The number of aromatic carboxylic acids is 2. The Hall–Kier alpha value is -4.91. The smallest absolute Gasteiger partial charge is 0.335 e. The molecule has 46 heavy (non-hydrogen) atoms. The number of carboxylic acid groups (broad SMARTS) is 2. The van der Waals surface area contributed by atoms with Crippen molar-refractivity contribution in [1.82, 2.24) is 15.0 Å². The summed E-state index contributed by atoms with van der Waals surface area (Å²) >= 11 is 5.15. The summed E-state index contributed by atoms with van der Waals surface area (Å²) in [6.07, 6.45) is 3.05. The summed E-state index contributed by atoms with van der Waals surface area (Å²) < 4.78 is 11.8. The first-order chi connectivity index (χ1) is 22.2. The highest BCUT2D eigenvalue weighted by Crippen LogP contribution is 2.59. The second-order valence-electron chi connectivity index (χ2n) is 11.4. The Morgan fingerprint density at radius 1 is 0.739 bits per heavy atom. The molecule has 0 atom stereocenters. The van der Waals surface area contributed by atoms with Gasteiger partial charge in [-0.05, 0) is 65.2 Å². The van der Waals surface area contributed by atoms with Crippen molar-refractivity contribution in [2.24, 2.45) is 0 Å². The third kappa shape index (κ3) is 4.60. The number of hydrogen-bond donors (Lipinski definition) is 2. The Morgan fingerprint density at radius 3 is 2.07 bits per heavy atom. The van der Waals surface area contributed by atoms with E-state index in [0.717, 1.165) is 26.8 Å². The standard InChI is InChI=1S/C34H23N3O6S3/c1-34(2)19-13-26(45-29(19)30-20(34)14-27(46-30)31-28-25(15-44-31)42-7-8-43-28)16-3-5-35-21(9-16)23-11-18(33(40)41)12-24(37-23)22-10-17(32(38)39)4-6-36-22/h3-6,9-15H,7-8H2,1-2H3,(H,38,39)(H,40,41). The minimum absolute atomic E-state index is 0.00317. The third-order valence-corrected chi connectivity index (χ3v) is 11.8. The van der Waals surface area contributed by atoms with Gasteiger partial charge in [0, 0.05) is 42.7 Å². The summed E-state index contributed by atoms with van der Waals surface area (Å²) in [5.41, 5.74) is 4.68. The molecule has 7 heterocycles. The van der Waals surface area contributed by atoms with E-state index < -0.39 is 11.9 Å². The monoisotopic (exact) mass is 665 g/mol. The molecule has 0 aromatic carbocycles. The van der Waals surface area contributed by atoms with Gasteiger partial charge in [-0.3, -0.25) is 9.97 Å². The van der Waals surface area contributed by atoms with Crippen LogP contribution in [0.2, 0.25) is 0 Å². The van der Waals surface area contributed by atoms with Crippen molar-refractivity contribution in [2.75, 3.05) is 13.2 Å². The number of thiophene rings is 3. The number of aromatic nitrogens is 3. The molecule has 0 saturated carbocycles. The van der Waals surface area contributed by atoms with Gasteiger partial charge in [-0.15, -0.1) is 34.0 Å². The maximum absolute atomic E-state index is 12.0. The van der Waals surface area contributed by atoms with Crippen molar-refractivity contribution < 1.29 is 29.3 Å². The first kappa shape index (κ1) is 28.6. The number of hydrogen-bond acceptors (Lipinski definition) is 10. The minimum atomic E-state index is -1.14. The number of carboxylic acids is 2. The SMILES string of the molecule is CC1(C)c2cc(-c3ccnc(-c4cc(C(=O)O)cc(-c5cc(C(=O)O)ccn5)n4)c3)sc2-c2sc(-c3scc4c3OCCO4)cc21. The molecule has 228 valence electrons. The van der Waals surface area contributed by atoms with E-state index in [4.69, 9.17) is 9.47 Å². The molecule has 0 saturated heterocycles. The van der Waals surface area contributed by atoms with Gasteiger partial charge in [-0.1, -0.05) is 13.8 Å². The van der Waals surface area contributed by atoms with Crippen LogP contribution in [0.1, 0.15) is 45.7 Å². The van der Waals surface area contributed by atoms with Crippen LogP contribution in [-0.2, 0) is 5.41 Å². The Kier molecular flexibility index (Phi) is 6.57. The number of carbonyl (C=O) groups is 2. The fourth-order valence-corrected chi connectivity index (χ4v) is 9.66. The quantitative estimate of drug-likeness (QED) is 0.181. The Balaban J connectivity index is 1.18. The third-order valence-electron chi connectivity index (χ3n) is 8.19. The zero-order valence-electron chi connectivity index (χ0n) is 24.4. The normalized spacial score (nSPS) is 14.1. The van der Waals surface area contributed by atoms with Gasteiger partial charge >= 0.3 is 11.9 Å². The van der Waals surface area contributed by atoms with Crippen LogP contribution in [0.15, 0.2) is 66.3 Å². The van der Waals surface area contributed by atoms with E-state index in [2.05, 4.69) is 40.9 Å². The molecule has 6 aromatic rings. The van der Waals surface area contributed by atoms with Gasteiger partial charge in [0.05, 0.1) is 38.8 Å². The number of pyridine rings is 3. The molecule has 1 aliphatic carbocycles. The summed E-state index contributed by atoms with van der Waals surface area (Å²) in [5, 5.41) is 21.3. The molecule has 0 bridgehead atoms. The summed E-state index contributed by atoms with van der Waals surface area (Å²) in [7, 11) is 0. The van der Waals surface area contributed by atoms with E-state index in [1.54, 1.807) is 40.2 Å². The molecule has 0 radical (unpaired) electrons. The lowest BCUT2D eigenvalue weighted by Gasteiger charge is -2.19. The van der Waals surface area contributed by atoms with Gasteiger partial charge in [0.2, 0.25) is 0 Å². The first-order valence-corrected chi connectivity index (χ1v) is 16.8. The molecule has 2 aliphatic rings. The summed E-state index contributed by atoms with van der Waals surface area (Å²) in [6.45, 7) is 5.62. The Morgan fingerprint density at radius 2 is 1.35 bits per heavy atom. The zero-order valence-corrected chi connectivity index (χ0v) is 26.8. The van der Waals surface area contributed by atoms with Crippen LogP contribution < -0.4 is 9.47 Å². The van der Waals surface area contributed by atoms with E-state index in [1.165, 1.54) is 56.2 Å². The summed E-state index contributed by atoms with van der Waals surface area (Å²) in [5.74, 6) is -0.606. The van der Waals surface area contributed by atoms with E-state index in [9.17, 15) is 19.8 Å². The van der Waals surface area contributed by atoms with E-state index in [-0.39, 0.29) is 27.9 Å². The minimum Gasteiger partial charge on any atom is -0.485 e. The van der Waals surface area contributed by atoms with Crippen LogP contribution >= 0.6 is 34.0 Å². The van der Waals surface area contributed by atoms with Crippen molar-refractivity contribution in [3.63, 3.8) is 0 Å². The molecule has 0 unspecified atom stereocenters.